The third kappa shape index (κ3) is 6.21. The van der Waals surface area contributed by atoms with E-state index in [1.54, 1.807) is 61.7 Å². The van der Waals surface area contributed by atoms with Gasteiger partial charge >= 0.3 is 0 Å². The lowest BCUT2D eigenvalue weighted by molar-refractivity contribution is -0.112. The highest BCUT2D eigenvalue weighted by molar-refractivity contribution is 9.10. The van der Waals surface area contributed by atoms with Crippen molar-refractivity contribution in [3.05, 3.63) is 93.2 Å². The second kappa shape index (κ2) is 11.3. The molecule has 0 saturated heterocycles. The third-order valence-corrected chi connectivity index (χ3v) is 5.53. The van der Waals surface area contributed by atoms with E-state index >= 15 is 0 Å². The number of hydrogen-bond acceptors (Lipinski definition) is 4. The van der Waals surface area contributed by atoms with Crippen molar-refractivity contribution >= 4 is 33.6 Å². The van der Waals surface area contributed by atoms with Gasteiger partial charge in [0.2, 0.25) is 0 Å². The molecule has 0 unspecified atom stereocenters. The van der Waals surface area contributed by atoms with Crippen LogP contribution in [0.3, 0.4) is 0 Å². The summed E-state index contributed by atoms with van der Waals surface area (Å²) >= 11 is 3.54. The molecule has 0 aromatic heterocycles. The minimum absolute atomic E-state index is 0.0676. The Morgan fingerprint density at radius 3 is 2.55 bits per heavy atom. The zero-order valence-electron chi connectivity index (χ0n) is 18.2. The van der Waals surface area contributed by atoms with Crippen molar-refractivity contribution in [2.75, 3.05) is 19.0 Å². The zero-order valence-corrected chi connectivity index (χ0v) is 19.8. The highest BCUT2D eigenvalue weighted by Gasteiger charge is 2.15. The minimum Gasteiger partial charge on any atom is -0.497 e. The number of anilines is 1. The van der Waals surface area contributed by atoms with Crippen molar-refractivity contribution in [1.29, 1.82) is 5.26 Å². The van der Waals surface area contributed by atoms with E-state index in [9.17, 15) is 14.4 Å². The molecule has 0 fully saturated rings. The first-order chi connectivity index (χ1) is 15.9. The van der Waals surface area contributed by atoms with Gasteiger partial charge in [-0.05, 0) is 66.6 Å². The summed E-state index contributed by atoms with van der Waals surface area (Å²) in [6.45, 7) is 2.26. The van der Waals surface area contributed by atoms with E-state index in [1.165, 1.54) is 12.1 Å². The van der Waals surface area contributed by atoms with Gasteiger partial charge in [0.05, 0.1) is 13.7 Å². The van der Waals surface area contributed by atoms with Gasteiger partial charge in [0.1, 0.15) is 29.0 Å². The molecule has 3 aromatic carbocycles. The first-order valence-electron chi connectivity index (χ1n) is 10.2. The zero-order chi connectivity index (χ0) is 23.8. The molecule has 0 aliphatic carbocycles. The molecule has 1 amide bonds. The Kier molecular flexibility index (Phi) is 8.22. The third-order valence-electron chi connectivity index (χ3n) is 4.83. The topological polar surface area (TPSA) is 71.3 Å². The fraction of sp³-hybridized carbons (Fsp3) is 0.154. The lowest BCUT2D eigenvalue weighted by Crippen LogP contribution is -2.13. The van der Waals surface area contributed by atoms with Crippen LogP contribution in [0.1, 0.15) is 23.6 Å². The van der Waals surface area contributed by atoms with Crippen molar-refractivity contribution in [3.63, 3.8) is 0 Å². The van der Waals surface area contributed by atoms with Crippen molar-refractivity contribution < 1.29 is 18.7 Å². The maximum atomic E-state index is 14.2. The van der Waals surface area contributed by atoms with Gasteiger partial charge in [0, 0.05) is 22.1 Å². The Morgan fingerprint density at radius 2 is 1.91 bits per heavy atom. The summed E-state index contributed by atoms with van der Waals surface area (Å²) in [7, 11) is 1.56. The van der Waals surface area contributed by atoms with Gasteiger partial charge in [0.15, 0.2) is 0 Å². The van der Waals surface area contributed by atoms with Crippen LogP contribution in [0.15, 0.2) is 70.7 Å². The maximum absolute atomic E-state index is 14.2. The molecule has 7 heteroatoms. The Bertz CT molecular complexity index is 1220. The summed E-state index contributed by atoms with van der Waals surface area (Å²) in [6, 6.07) is 18.8. The molecule has 0 saturated carbocycles. The molecular formula is C26H22BrFN2O3. The first kappa shape index (κ1) is 24.0. The van der Waals surface area contributed by atoms with E-state index in [0.717, 1.165) is 5.56 Å². The molecule has 168 valence electrons. The smallest absolute Gasteiger partial charge is 0.266 e. The van der Waals surface area contributed by atoms with Crippen molar-refractivity contribution in [1.82, 2.24) is 0 Å². The highest BCUT2D eigenvalue weighted by atomic mass is 79.9. The van der Waals surface area contributed by atoms with Crippen LogP contribution in [0.5, 0.6) is 11.5 Å². The first-order valence-corrected chi connectivity index (χ1v) is 11.0. The molecule has 0 radical (unpaired) electrons. The predicted molar refractivity (Wildman–Crippen MR) is 130 cm³/mol. The standard InChI is InChI=1S/C26H22BrFN2O3/c1-3-33-25-14-17(13-23(27)22(25)15-18-6-4-5-7-24(18)28)12-19(16-29)26(31)30-20-8-10-21(32-2)11-9-20/h4-14H,3,15H2,1-2H3,(H,30,31)/b19-12+. The number of methoxy groups -OCH3 is 1. The monoisotopic (exact) mass is 508 g/mol. The Morgan fingerprint density at radius 1 is 1.18 bits per heavy atom. The fourth-order valence-electron chi connectivity index (χ4n) is 3.19. The average Bonchev–Trinajstić information content (AvgIpc) is 2.81. The van der Waals surface area contributed by atoms with Gasteiger partial charge in [-0.1, -0.05) is 34.1 Å². The Labute approximate surface area is 200 Å². The maximum Gasteiger partial charge on any atom is 0.266 e. The average molecular weight is 509 g/mol. The Balaban J connectivity index is 1.89. The molecule has 0 atom stereocenters. The summed E-state index contributed by atoms with van der Waals surface area (Å²) in [5.74, 6) is 0.382. The quantitative estimate of drug-likeness (QED) is 0.293. The number of ether oxygens (including phenoxy) is 2. The van der Waals surface area contributed by atoms with E-state index < -0.39 is 5.91 Å². The van der Waals surface area contributed by atoms with Gasteiger partial charge in [-0.25, -0.2) is 4.39 Å². The summed E-state index contributed by atoms with van der Waals surface area (Å²) in [6.07, 6.45) is 1.81. The molecule has 0 heterocycles. The van der Waals surface area contributed by atoms with Crippen molar-refractivity contribution in [2.24, 2.45) is 0 Å². The molecule has 1 N–H and O–H groups in total. The SMILES string of the molecule is CCOc1cc(/C=C(\C#N)C(=O)Nc2ccc(OC)cc2)cc(Br)c1Cc1ccccc1F. The lowest BCUT2D eigenvalue weighted by Gasteiger charge is -2.14. The van der Waals surface area contributed by atoms with Crippen molar-refractivity contribution in [2.45, 2.75) is 13.3 Å². The second-order valence-corrected chi connectivity index (χ2v) is 7.89. The number of nitriles is 1. The van der Waals surface area contributed by atoms with Crippen LogP contribution in [-0.4, -0.2) is 19.6 Å². The second-order valence-electron chi connectivity index (χ2n) is 7.03. The number of benzene rings is 3. The molecule has 0 aliphatic rings. The summed E-state index contributed by atoms with van der Waals surface area (Å²) < 4.78 is 25.8. The van der Waals surface area contributed by atoms with Gasteiger partial charge in [0.25, 0.3) is 5.91 Å². The lowest BCUT2D eigenvalue weighted by atomic mass is 10.0. The number of carbonyl (C=O) groups is 1. The highest BCUT2D eigenvalue weighted by Crippen LogP contribution is 2.33. The van der Waals surface area contributed by atoms with Gasteiger partial charge in [-0.15, -0.1) is 0 Å². The van der Waals surface area contributed by atoms with Crippen LogP contribution < -0.4 is 14.8 Å². The van der Waals surface area contributed by atoms with Crippen LogP contribution in [-0.2, 0) is 11.2 Å². The molecule has 0 aliphatic heterocycles. The number of amides is 1. The van der Waals surface area contributed by atoms with Gasteiger partial charge in [-0.3, -0.25) is 4.79 Å². The van der Waals surface area contributed by atoms with E-state index in [4.69, 9.17) is 9.47 Å². The molecular weight excluding hydrogens is 487 g/mol. The van der Waals surface area contributed by atoms with Crippen LogP contribution in [0.25, 0.3) is 6.08 Å². The van der Waals surface area contributed by atoms with Crippen LogP contribution in [0.4, 0.5) is 10.1 Å². The molecule has 3 rings (SSSR count). The van der Waals surface area contributed by atoms with E-state index in [-0.39, 0.29) is 11.4 Å². The summed E-state index contributed by atoms with van der Waals surface area (Å²) in [5.41, 5.74) is 2.39. The number of nitrogens with zero attached hydrogens (tertiary/aromatic N) is 1. The van der Waals surface area contributed by atoms with Crippen LogP contribution in [0.2, 0.25) is 0 Å². The van der Waals surface area contributed by atoms with Crippen LogP contribution >= 0.6 is 15.9 Å². The number of rotatable bonds is 8. The molecule has 3 aromatic rings. The molecule has 33 heavy (non-hydrogen) atoms. The predicted octanol–water partition coefficient (Wildman–Crippen LogP) is 6.13. The van der Waals surface area contributed by atoms with Gasteiger partial charge in [-0.2, -0.15) is 5.26 Å². The normalized spacial score (nSPS) is 10.9. The number of hydrogen-bond donors (Lipinski definition) is 1. The van der Waals surface area contributed by atoms with E-state index in [2.05, 4.69) is 21.2 Å². The summed E-state index contributed by atoms with van der Waals surface area (Å²) in [5, 5.41) is 12.3. The number of carbonyl (C=O) groups excluding carboxylic acids is 1. The van der Waals surface area contributed by atoms with Gasteiger partial charge < -0.3 is 14.8 Å². The van der Waals surface area contributed by atoms with E-state index in [0.29, 0.717) is 45.8 Å². The van der Waals surface area contributed by atoms with Crippen molar-refractivity contribution in [3.8, 4) is 17.6 Å². The molecule has 5 nitrogen and oxygen atoms in total. The minimum atomic E-state index is -0.535. The molecule has 0 bridgehead atoms. The van der Waals surface area contributed by atoms with E-state index in [1.807, 2.05) is 13.0 Å². The largest absolute Gasteiger partial charge is 0.497 e. The number of halogens is 2. The van der Waals surface area contributed by atoms with Crippen LogP contribution in [0, 0.1) is 17.1 Å². The summed E-state index contributed by atoms with van der Waals surface area (Å²) in [4.78, 5) is 12.6. The number of nitrogens with one attached hydrogen (secondary N) is 1. The molecule has 0 spiro atoms. The Hall–Kier alpha value is -3.63. The fourth-order valence-corrected chi connectivity index (χ4v) is 3.79.